The van der Waals surface area contributed by atoms with Gasteiger partial charge in [-0.1, -0.05) is 66.7 Å². The third-order valence-corrected chi connectivity index (χ3v) is 5.02. The van der Waals surface area contributed by atoms with Gasteiger partial charge in [0.1, 0.15) is 12.4 Å². The van der Waals surface area contributed by atoms with Crippen LogP contribution in [0.5, 0.6) is 5.75 Å². The van der Waals surface area contributed by atoms with Crippen molar-refractivity contribution in [2.75, 3.05) is 12.3 Å². The second kappa shape index (κ2) is 10.1. The predicted molar refractivity (Wildman–Crippen MR) is 119 cm³/mol. The number of rotatable bonds is 9. The number of ether oxygens (including phenoxy) is 1. The second-order valence-electron chi connectivity index (χ2n) is 7.60. The topological polar surface area (TPSA) is 58.7 Å². The van der Waals surface area contributed by atoms with E-state index in [0.29, 0.717) is 30.6 Å². The molecule has 1 unspecified atom stereocenters. The molecule has 3 rings (SSSR count). The minimum atomic E-state index is -0.619. The molecule has 0 saturated carbocycles. The lowest BCUT2D eigenvalue weighted by atomic mass is 10.1. The number of benzene rings is 3. The minimum Gasteiger partial charge on any atom is -0.487 e. The average Bonchev–Trinajstić information content (AvgIpc) is 2.73. The maximum atomic E-state index is 10.8. The summed E-state index contributed by atoms with van der Waals surface area (Å²) in [5.74, 6) is 0.634. The number of hydrogen-bond donors (Lipinski definition) is 2. The van der Waals surface area contributed by atoms with E-state index in [0.717, 1.165) is 17.7 Å². The SMILES string of the molecule is CC(C)N(Cc1ccccc1)CC(O)c1ccc(OCc2ccccc2)c(N)c1. The Hall–Kier alpha value is -2.82. The Balaban J connectivity index is 1.63. The molecule has 0 radical (unpaired) electrons. The lowest BCUT2D eigenvalue weighted by Gasteiger charge is -2.29. The van der Waals surface area contributed by atoms with Crippen molar-refractivity contribution in [2.45, 2.75) is 39.1 Å². The van der Waals surface area contributed by atoms with E-state index in [4.69, 9.17) is 10.5 Å². The molecule has 3 N–H and O–H groups in total. The standard InChI is InChI=1S/C25H30N2O2/c1-19(2)27(16-20-9-5-3-6-10-20)17-24(28)22-13-14-25(23(26)15-22)29-18-21-11-7-4-8-12-21/h3-15,19,24,28H,16-18,26H2,1-2H3. The third-order valence-electron chi connectivity index (χ3n) is 5.02. The molecule has 29 heavy (non-hydrogen) atoms. The van der Waals surface area contributed by atoms with E-state index in [1.54, 1.807) is 0 Å². The molecule has 0 amide bonds. The van der Waals surface area contributed by atoms with Crippen molar-refractivity contribution in [1.29, 1.82) is 0 Å². The van der Waals surface area contributed by atoms with Gasteiger partial charge in [0.25, 0.3) is 0 Å². The predicted octanol–water partition coefficient (Wildman–Crippen LogP) is 4.79. The number of nitrogens with two attached hydrogens (primary N) is 1. The minimum absolute atomic E-state index is 0.315. The fourth-order valence-corrected chi connectivity index (χ4v) is 3.24. The molecule has 152 valence electrons. The second-order valence-corrected chi connectivity index (χ2v) is 7.60. The number of anilines is 1. The Labute approximate surface area is 173 Å². The van der Waals surface area contributed by atoms with E-state index in [1.807, 2.05) is 66.7 Å². The number of aliphatic hydroxyl groups is 1. The van der Waals surface area contributed by atoms with Crippen LogP contribution in [0.1, 0.15) is 36.6 Å². The molecule has 0 fully saturated rings. The van der Waals surface area contributed by atoms with Gasteiger partial charge in [-0.3, -0.25) is 4.90 Å². The summed E-state index contributed by atoms with van der Waals surface area (Å²) >= 11 is 0. The number of nitrogen functional groups attached to an aromatic ring is 1. The first-order valence-corrected chi connectivity index (χ1v) is 10.0. The molecule has 0 saturated heterocycles. The molecular weight excluding hydrogens is 360 g/mol. The van der Waals surface area contributed by atoms with Crippen molar-refractivity contribution in [2.24, 2.45) is 0 Å². The fraction of sp³-hybridized carbons (Fsp3) is 0.280. The van der Waals surface area contributed by atoms with Crippen molar-refractivity contribution < 1.29 is 9.84 Å². The zero-order valence-corrected chi connectivity index (χ0v) is 17.2. The smallest absolute Gasteiger partial charge is 0.142 e. The maximum Gasteiger partial charge on any atom is 0.142 e. The van der Waals surface area contributed by atoms with Crippen LogP contribution in [-0.2, 0) is 13.2 Å². The molecule has 4 nitrogen and oxygen atoms in total. The highest BCUT2D eigenvalue weighted by molar-refractivity contribution is 5.54. The largest absolute Gasteiger partial charge is 0.487 e. The molecule has 3 aromatic rings. The summed E-state index contributed by atoms with van der Waals surface area (Å²) in [6, 6.07) is 26.2. The fourth-order valence-electron chi connectivity index (χ4n) is 3.24. The molecule has 0 aliphatic rings. The molecule has 3 aromatic carbocycles. The van der Waals surface area contributed by atoms with E-state index in [2.05, 4.69) is 30.9 Å². The summed E-state index contributed by atoms with van der Waals surface area (Å²) in [5, 5.41) is 10.8. The number of hydrogen-bond acceptors (Lipinski definition) is 4. The van der Waals surface area contributed by atoms with Gasteiger partial charge in [-0.05, 0) is 42.7 Å². The van der Waals surface area contributed by atoms with Gasteiger partial charge in [-0.25, -0.2) is 0 Å². The number of aliphatic hydroxyl groups excluding tert-OH is 1. The van der Waals surface area contributed by atoms with Crippen LogP contribution in [-0.4, -0.2) is 22.6 Å². The van der Waals surface area contributed by atoms with Crippen LogP contribution in [0.4, 0.5) is 5.69 Å². The number of nitrogens with zero attached hydrogens (tertiary/aromatic N) is 1. The highest BCUT2D eigenvalue weighted by atomic mass is 16.5. The maximum absolute atomic E-state index is 10.8. The molecule has 0 heterocycles. The van der Waals surface area contributed by atoms with Gasteiger partial charge in [-0.2, -0.15) is 0 Å². The summed E-state index contributed by atoms with van der Waals surface area (Å²) in [6.45, 7) is 6.08. The Bertz CT molecular complexity index is 882. The zero-order valence-electron chi connectivity index (χ0n) is 17.2. The van der Waals surface area contributed by atoms with Crippen LogP contribution in [0.15, 0.2) is 78.9 Å². The van der Waals surface area contributed by atoms with Gasteiger partial charge < -0.3 is 15.6 Å². The first-order chi connectivity index (χ1) is 14.0. The van der Waals surface area contributed by atoms with Gasteiger partial charge >= 0.3 is 0 Å². The van der Waals surface area contributed by atoms with Crippen molar-refractivity contribution in [1.82, 2.24) is 4.90 Å². The zero-order chi connectivity index (χ0) is 20.6. The van der Waals surface area contributed by atoms with E-state index >= 15 is 0 Å². The molecular formula is C25H30N2O2. The molecule has 0 aliphatic carbocycles. The van der Waals surface area contributed by atoms with Gasteiger partial charge in [-0.15, -0.1) is 0 Å². The van der Waals surface area contributed by atoms with E-state index in [9.17, 15) is 5.11 Å². The van der Waals surface area contributed by atoms with Crippen LogP contribution in [0.3, 0.4) is 0 Å². The first-order valence-electron chi connectivity index (χ1n) is 10.0. The highest BCUT2D eigenvalue weighted by Gasteiger charge is 2.17. The summed E-state index contributed by atoms with van der Waals surface area (Å²) in [4.78, 5) is 2.26. The Morgan fingerprint density at radius 2 is 1.52 bits per heavy atom. The Kier molecular flexibility index (Phi) is 7.28. The van der Waals surface area contributed by atoms with Gasteiger partial charge in [0.15, 0.2) is 0 Å². The van der Waals surface area contributed by atoms with Crippen molar-refractivity contribution in [3.05, 3.63) is 95.6 Å². The lowest BCUT2D eigenvalue weighted by molar-refractivity contribution is 0.0908. The molecule has 1 atom stereocenters. The summed E-state index contributed by atoms with van der Waals surface area (Å²) in [7, 11) is 0. The Morgan fingerprint density at radius 1 is 0.897 bits per heavy atom. The Morgan fingerprint density at radius 3 is 2.10 bits per heavy atom. The molecule has 0 aromatic heterocycles. The van der Waals surface area contributed by atoms with Gasteiger partial charge in [0.2, 0.25) is 0 Å². The van der Waals surface area contributed by atoms with Crippen LogP contribution in [0.2, 0.25) is 0 Å². The van der Waals surface area contributed by atoms with E-state index < -0.39 is 6.10 Å². The third kappa shape index (κ3) is 6.08. The quantitative estimate of drug-likeness (QED) is 0.516. The monoisotopic (exact) mass is 390 g/mol. The van der Waals surface area contributed by atoms with Crippen LogP contribution >= 0.6 is 0 Å². The van der Waals surface area contributed by atoms with Crippen LogP contribution in [0, 0.1) is 0 Å². The van der Waals surface area contributed by atoms with E-state index in [1.165, 1.54) is 5.56 Å². The average molecular weight is 391 g/mol. The van der Waals surface area contributed by atoms with Crippen LogP contribution < -0.4 is 10.5 Å². The van der Waals surface area contributed by atoms with Crippen molar-refractivity contribution in [3.63, 3.8) is 0 Å². The van der Waals surface area contributed by atoms with Crippen molar-refractivity contribution >= 4 is 5.69 Å². The first kappa shape index (κ1) is 20.9. The lowest BCUT2D eigenvalue weighted by Crippen LogP contribution is -2.34. The molecule has 0 bridgehead atoms. The summed E-state index contributed by atoms with van der Waals surface area (Å²) in [6.07, 6.45) is -0.619. The summed E-state index contributed by atoms with van der Waals surface area (Å²) in [5.41, 5.74) is 9.85. The van der Waals surface area contributed by atoms with Crippen molar-refractivity contribution in [3.8, 4) is 5.75 Å². The molecule has 4 heteroatoms. The summed E-state index contributed by atoms with van der Waals surface area (Å²) < 4.78 is 5.84. The molecule has 0 spiro atoms. The van der Waals surface area contributed by atoms with Gasteiger partial charge in [0.05, 0.1) is 11.8 Å². The molecule has 0 aliphatic heterocycles. The normalized spacial score (nSPS) is 12.3. The van der Waals surface area contributed by atoms with Gasteiger partial charge in [0, 0.05) is 19.1 Å². The highest BCUT2D eigenvalue weighted by Crippen LogP contribution is 2.27. The van der Waals surface area contributed by atoms with E-state index in [-0.39, 0.29) is 0 Å². The van der Waals surface area contributed by atoms with Crippen LogP contribution in [0.25, 0.3) is 0 Å².